The highest BCUT2D eigenvalue weighted by Crippen LogP contribution is 2.18. The van der Waals surface area contributed by atoms with E-state index in [1.165, 1.54) is 10.4 Å². The molecule has 1 atom stereocenters. The van der Waals surface area contributed by atoms with Crippen LogP contribution in [0.2, 0.25) is 0 Å². The molecule has 2 aromatic rings. The molecular formula is C18H24N2O2S. The van der Waals surface area contributed by atoms with Gasteiger partial charge in [-0.15, -0.1) is 11.3 Å². The number of aryl methyl sites for hydroxylation is 1. The van der Waals surface area contributed by atoms with Crippen LogP contribution in [-0.2, 0) is 17.8 Å². The summed E-state index contributed by atoms with van der Waals surface area (Å²) in [4.78, 5) is 13.2. The van der Waals surface area contributed by atoms with Crippen molar-refractivity contribution in [2.45, 2.75) is 39.3 Å². The van der Waals surface area contributed by atoms with Gasteiger partial charge in [-0.25, -0.2) is 0 Å². The maximum atomic E-state index is 11.9. The summed E-state index contributed by atoms with van der Waals surface area (Å²) >= 11 is 1.75. The number of benzene rings is 1. The average Bonchev–Trinajstić information content (AvgIpc) is 2.97. The van der Waals surface area contributed by atoms with Crippen LogP contribution in [0.3, 0.4) is 0 Å². The van der Waals surface area contributed by atoms with E-state index in [-0.39, 0.29) is 18.6 Å². The van der Waals surface area contributed by atoms with Crippen LogP contribution in [0.25, 0.3) is 0 Å². The Morgan fingerprint density at radius 2 is 2.00 bits per heavy atom. The lowest BCUT2D eigenvalue weighted by Gasteiger charge is -2.14. The van der Waals surface area contributed by atoms with Crippen LogP contribution in [-0.4, -0.2) is 23.7 Å². The average molecular weight is 332 g/mol. The largest absolute Gasteiger partial charge is 0.394 e. The molecule has 0 spiro atoms. The molecule has 0 bridgehead atoms. The number of amides is 1. The zero-order valence-corrected chi connectivity index (χ0v) is 14.5. The van der Waals surface area contributed by atoms with Crippen LogP contribution in [0.1, 0.15) is 29.3 Å². The van der Waals surface area contributed by atoms with Crippen molar-refractivity contribution in [1.82, 2.24) is 5.32 Å². The molecule has 124 valence electrons. The molecule has 1 amide bonds. The highest BCUT2D eigenvalue weighted by molar-refractivity contribution is 7.10. The SMILES string of the molecule is CCC(CO)NC(=O)Cc1ccc(NCc2sccc2C)cc1. The Labute approximate surface area is 141 Å². The van der Waals surface area contributed by atoms with E-state index < -0.39 is 0 Å². The molecule has 2 rings (SSSR count). The minimum Gasteiger partial charge on any atom is -0.394 e. The normalized spacial score (nSPS) is 12.0. The first-order valence-corrected chi connectivity index (χ1v) is 8.76. The van der Waals surface area contributed by atoms with Crippen molar-refractivity contribution in [2.24, 2.45) is 0 Å². The first-order valence-electron chi connectivity index (χ1n) is 7.88. The van der Waals surface area contributed by atoms with Gasteiger partial charge in [-0.2, -0.15) is 0 Å². The molecular weight excluding hydrogens is 308 g/mol. The van der Waals surface area contributed by atoms with E-state index in [2.05, 4.69) is 29.0 Å². The van der Waals surface area contributed by atoms with Crippen LogP contribution in [0.4, 0.5) is 5.69 Å². The van der Waals surface area contributed by atoms with Crippen molar-refractivity contribution < 1.29 is 9.90 Å². The predicted molar refractivity (Wildman–Crippen MR) is 95.8 cm³/mol. The maximum absolute atomic E-state index is 11.9. The smallest absolute Gasteiger partial charge is 0.224 e. The second-order valence-electron chi connectivity index (χ2n) is 5.61. The molecule has 0 aliphatic heterocycles. The predicted octanol–water partition coefficient (Wildman–Crippen LogP) is 3.10. The Morgan fingerprint density at radius 3 is 2.57 bits per heavy atom. The summed E-state index contributed by atoms with van der Waals surface area (Å²) in [5.74, 6) is -0.0548. The number of hydrogen-bond donors (Lipinski definition) is 3. The second-order valence-corrected chi connectivity index (χ2v) is 6.61. The van der Waals surface area contributed by atoms with E-state index in [1.807, 2.05) is 31.2 Å². The molecule has 4 nitrogen and oxygen atoms in total. The summed E-state index contributed by atoms with van der Waals surface area (Å²) in [6.07, 6.45) is 1.06. The number of nitrogens with one attached hydrogen (secondary N) is 2. The van der Waals surface area contributed by atoms with Crippen LogP contribution in [0.5, 0.6) is 0 Å². The molecule has 0 saturated heterocycles. The van der Waals surface area contributed by atoms with Gasteiger partial charge in [0.05, 0.1) is 19.1 Å². The van der Waals surface area contributed by atoms with Gasteiger partial charge in [0.25, 0.3) is 0 Å². The van der Waals surface area contributed by atoms with Crippen molar-refractivity contribution in [1.29, 1.82) is 0 Å². The number of anilines is 1. The molecule has 3 N–H and O–H groups in total. The Bertz CT molecular complexity index is 618. The molecule has 0 fully saturated rings. The fourth-order valence-corrected chi connectivity index (χ4v) is 3.09. The number of rotatable bonds is 8. The zero-order chi connectivity index (χ0) is 16.7. The summed E-state index contributed by atoms with van der Waals surface area (Å²) in [5.41, 5.74) is 3.32. The molecule has 1 aromatic carbocycles. The van der Waals surface area contributed by atoms with E-state index in [1.54, 1.807) is 11.3 Å². The van der Waals surface area contributed by atoms with Gasteiger partial charge in [-0.1, -0.05) is 19.1 Å². The van der Waals surface area contributed by atoms with Gasteiger partial charge >= 0.3 is 0 Å². The summed E-state index contributed by atoms with van der Waals surface area (Å²) in [7, 11) is 0. The lowest BCUT2D eigenvalue weighted by Crippen LogP contribution is -2.37. The van der Waals surface area contributed by atoms with Gasteiger partial charge < -0.3 is 15.7 Å². The third kappa shape index (κ3) is 5.37. The fraction of sp³-hybridized carbons (Fsp3) is 0.389. The van der Waals surface area contributed by atoms with Crippen molar-refractivity contribution in [2.75, 3.05) is 11.9 Å². The Hall–Kier alpha value is -1.85. The van der Waals surface area contributed by atoms with E-state index in [0.29, 0.717) is 6.42 Å². The number of hydrogen-bond acceptors (Lipinski definition) is 4. The number of carbonyl (C=O) groups excluding carboxylic acids is 1. The number of aliphatic hydroxyl groups is 1. The molecule has 0 saturated carbocycles. The third-order valence-corrected chi connectivity index (χ3v) is 4.84. The molecule has 0 aliphatic rings. The molecule has 0 radical (unpaired) electrons. The van der Waals surface area contributed by atoms with E-state index in [9.17, 15) is 4.79 Å². The molecule has 1 aromatic heterocycles. The van der Waals surface area contributed by atoms with Crippen LogP contribution < -0.4 is 10.6 Å². The summed E-state index contributed by atoms with van der Waals surface area (Å²) in [6, 6.07) is 9.88. The molecule has 23 heavy (non-hydrogen) atoms. The molecule has 1 unspecified atom stereocenters. The van der Waals surface area contributed by atoms with Crippen LogP contribution in [0, 0.1) is 6.92 Å². The highest BCUT2D eigenvalue weighted by Gasteiger charge is 2.09. The lowest BCUT2D eigenvalue weighted by molar-refractivity contribution is -0.121. The van der Waals surface area contributed by atoms with Crippen LogP contribution >= 0.6 is 11.3 Å². The number of aliphatic hydroxyl groups excluding tert-OH is 1. The molecule has 0 aliphatic carbocycles. The topological polar surface area (TPSA) is 61.4 Å². The van der Waals surface area contributed by atoms with Crippen molar-refractivity contribution in [3.8, 4) is 0 Å². The van der Waals surface area contributed by atoms with Gasteiger partial charge in [0.1, 0.15) is 0 Å². The first-order chi connectivity index (χ1) is 11.1. The molecule has 5 heteroatoms. The summed E-state index contributed by atoms with van der Waals surface area (Å²) in [6.45, 7) is 4.85. The van der Waals surface area contributed by atoms with Crippen LogP contribution in [0.15, 0.2) is 35.7 Å². The lowest BCUT2D eigenvalue weighted by atomic mass is 10.1. The quantitative estimate of drug-likeness (QED) is 0.696. The van der Waals surface area contributed by atoms with Gasteiger partial charge in [0.2, 0.25) is 5.91 Å². The number of carbonyl (C=O) groups is 1. The van der Waals surface area contributed by atoms with E-state index in [0.717, 1.165) is 24.2 Å². The van der Waals surface area contributed by atoms with Gasteiger partial charge in [0, 0.05) is 17.1 Å². The van der Waals surface area contributed by atoms with E-state index in [4.69, 9.17) is 5.11 Å². The summed E-state index contributed by atoms with van der Waals surface area (Å²) in [5, 5.41) is 17.4. The Morgan fingerprint density at radius 1 is 1.26 bits per heavy atom. The van der Waals surface area contributed by atoms with Gasteiger partial charge in [0.15, 0.2) is 0 Å². The zero-order valence-electron chi connectivity index (χ0n) is 13.6. The van der Waals surface area contributed by atoms with Crippen molar-refractivity contribution in [3.05, 3.63) is 51.7 Å². The standard InChI is InChI=1S/C18H24N2O2S/c1-3-15(12-21)20-18(22)10-14-4-6-16(7-5-14)19-11-17-13(2)8-9-23-17/h4-9,15,19,21H,3,10-12H2,1-2H3,(H,20,22). The summed E-state index contributed by atoms with van der Waals surface area (Å²) < 4.78 is 0. The van der Waals surface area contributed by atoms with Crippen molar-refractivity contribution in [3.63, 3.8) is 0 Å². The minimum atomic E-state index is -0.155. The highest BCUT2D eigenvalue weighted by atomic mass is 32.1. The number of thiophene rings is 1. The Balaban J connectivity index is 1.84. The monoisotopic (exact) mass is 332 g/mol. The first kappa shape index (κ1) is 17.5. The maximum Gasteiger partial charge on any atom is 0.224 e. The third-order valence-electron chi connectivity index (χ3n) is 3.82. The minimum absolute atomic E-state index is 0.0206. The van der Waals surface area contributed by atoms with E-state index >= 15 is 0 Å². The molecule has 1 heterocycles. The second kappa shape index (κ2) is 8.70. The van der Waals surface area contributed by atoms with Gasteiger partial charge in [-0.3, -0.25) is 4.79 Å². The van der Waals surface area contributed by atoms with Gasteiger partial charge in [-0.05, 0) is 48.1 Å². The fourth-order valence-electron chi connectivity index (χ4n) is 2.25. The van der Waals surface area contributed by atoms with Crippen molar-refractivity contribution >= 4 is 22.9 Å². The Kier molecular flexibility index (Phi) is 6.62.